The Hall–Kier alpha value is -2.36. The summed E-state index contributed by atoms with van der Waals surface area (Å²) in [4.78, 5) is 15.2. The highest BCUT2D eigenvalue weighted by molar-refractivity contribution is 5.90. The molecular formula is C14H13NO3. The van der Waals surface area contributed by atoms with Crippen molar-refractivity contribution in [2.45, 2.75) is 6.42 Å². The zero-order chi connectivity index (χ0) is 13.0. The lowest BCUT2D eigenvalue weighted by Crippen LogP contribution is -2.04. The number of aromatic nitrogens is 1. The van der Waals surface area contributed by atoms with Gasteiger partial charge in [-0.3, -0.25) is 4.98 Å². The van der Waals surface area contributed by atoms with E-state index < -0.39 is 5.97 Å². The summed E-state index contributed by atoms with van der Waals surface area (Å²) in [5, 5.41) is 9.19. The van der Waals surface area contributed by atoms with Crippen LogP contribution in [0, 0.1) is 0 Å². The van der Waals surface area contributed by atoms with Gasteiger partial charge < -0.3 is 9.84 Å². The number of methoxy groups -OCH3 is 1. The highest BCUT2D eigenvalue weighted by Gasteiger charge is 2.11. The van der Waals surface area contributed by atoms with Crippen LogP contribution in [0.15, 0.2) is 42.7 Å². The summed E-state index contributed by atoms with van der Waals surface area (Å²) < 4.78 is 5.03. The average Bonchev–Trinajstić information content (AvgIpc) is 2.40. The normalized spacial score (nSPS) is 10.1. The van der Waals surface area contributed by atoms with E-state index in [0.717, 1.165) is 11.1 Å². The van der Waals surface area contributed by atoms with Crippen LogP contribution in [-0.4, -0.2) is 23.2 Å². The number of nitrogens with zero attached hydrogens (tertiary/aromatic N) is 1. The van der Waals surface area contributed by atoms with Crippen LogP contribution in [0.2, 0.25) is 0 Å². The largest absolute Gasteiger partial charge is 0.497 e. The SMILES string of the molecule is COc1ccc(Cc2cccnc2)c(C(=O)O)c1. The molecule has 1 aromatic carbocycles. The molecule has 0 aliphatic heterocycles. The van der Waals surface area contributed by atoms with Gasteiger partial charge in [0.05, 0.1) is 12.7 Å². The van der Waals surface area contributed by atoms with Crippen molar-refractivity contribution in [3.63, 3.8) is 0 Å². The Morgan fingerprint density at radius 3 is 2.83 bits per heavy atom. The van der Waals surface area contributed by atoms with Crippen molar-refractivity contribution < 1.29 is 14.6 Å². The highest BCUT2D eigenvalue weighted by atomic mass is 16.5. The molecule has 0 unspecified atom stereocenters. The maximum Gasteiger partial charge on any atom is 0.336 e. The summed E-state index contributed by atoms with van der Waals surface area (Å²) in [6.45, 7) is 0. The van der Waals surface area contributed by atoms with E-state index in [-0.39, 0.29) is 5.56 Å². The first kappa shape index (κ1) is 12.1. The van der Waals surface area contributed by atoms with E-state index in [1.54, 1.807) is 24.5 Å². The van der Waals surface area contributed by atoms with Crippen LogP contribution in [0.1, 0.15) is 21.5 Å². The van der Waals surface area contributed by atoms with Crippen molar-refractivity contribution in [3.8, 4) is 5.75 Å². The molecule has 0 atom stereocenters. The van der Waals surface area contributed by atoms with Gasteiger partial charge in [-0.15, -0.1) is 0 Å². The third kappa shape index (κ3) is 2.66. The zero-order valence-corrected chi connectivity index (χ0v) is 9.96. The lowest BCUT2D eigenvalue weighted by atomic mass is 10.0. The molecule has 0 aliphatic rings. The van der Waals surface area contributed by atoms with E-state index in [2.05, 4.69) is 4.98 Å². The number of benzene rings is 1. The van der Waals surface area contributed by atoms with Crippen LogP contribution in [-0.2, 0) is 6.42 Å². The fourth-order valence-corrected chi connectivity index (χ4v) is 1.76. The predicted molar refractivity (Wildman–Crippen MR) is 67.0 cm³/mol. The van der Waals surface area contributed by atoms with Crippen LogP contribution < -0.4 is 4.74 Å². The molecule has 1 aromatic heterocycles. The fourth-order valence-electron chi connectivity index (χ4n) is 1.76. The van der Waals surface area contributed by atoms with Crippen molar-refractivity contribution in [1.82, 2.24) is 4.98 Å². The van der Waals surface area contributed by atoms with Gasteiger partial charge in [0.1, 0.15) is 5.75 Å². The van der Waals surface area contributed by atoms with Gasteiger partial charge in [0.2, 0.25) is 0 Å². The number of hydrogen-bond donors (Lipinski definition) is 1. The van der Waals surface area contributed by atoms with E-state index in [1.165, 1.54) is 13.2 Å². The molecule has 1 heterocycles. The van der Waals surface area contributed by atoms with Gasteiger partial charge in [-0.1, -0.05) is 12.1 Å². The van der Waals surface area contributed by atoms with Gasteiger partial charge in [-0.25, -0.2) is 4.79 Å². The molecule has 1 N–H and O–H groups in total. The second-order valence-electron chi connectivity index (χ2n) is 3.87. The molecule has 0 bridgehead atoms. The summed E-state index contributed by atoms with van der Waals surface area (Å²) in [7, 11) is 1.52. The minimum atomic E-state index is -0.951. The minimum Gasteiger partial charge on any atom is -0.497 e. The van der Waals surface area contributed by atoms with E-state index in [9.17, 15) is 9.90 Å². The van der Waals surface area contributed by atoms with E-state index in [0.29, 0.717) is 12.2 Å². The predicted octanol–water partition coefficient (Wildman–Crippen LogP) is 2.38. The van der Waals surface area contributed by atoms with E-state index in [1.807, 2.05) is 12.1 Å². The first-order valence-electron chi connectivity index (χ1n) is 5.50. The van der Waals surface area contributed by atoms with Gasteiger partial charge in [-0.05, 0) is 35.7 Å². The van der Waals surface area contributed by atoms with Crippen LogP contribution >= 0.6 is 0 Å². The lowest BCUT2D eigenvalue weighted by molar-refractivity contribution is 0.0695. The quantitative estimate of drug-likeness (QED) is 0.895. The molecule has 4 nitrogen and oxygen atoms in total. The number of carbonyl (C=O) groups is 1. The van der Waals surface area contributed by atoms with Gasteiger partial charge in [0.25, 0.3) is 0 Å². The Bertz CT molecular complexity index is 552. The molecular weight excluding hydrogens is 230 g/mol. The third-order valence-electron chi connectivity index (χ3n) is 2.66. The smallest absolute Gasteiger partial charge is 0.336 e. The number of aromatic carboxylic acids is 1. The van der Waals surface area contributed by atoms with E-state index in [4.69, 9.17) is 4.74 Å². The molecule has 2 rings (SSSR count). The van der Waals surface area contributed by atoms with Crippen molar-refractivity contribution in [1.29, 1.82) is 0 Å². The summed E-state index contributed by atoms with van der Waals surface area (Å²) in [6, 6.07) is 8.82. The Morgan fingerprint density at radius 1 is 1.39 bits per heavy atom. The molecule has 0 radical (unpaired) electrons. The van der Waals surface area contributed by atoms with Crippen LogP contribution in [0.25, 0.3) is 0 Å². The third-order valence-corrected chi connectivity index (χ3v) is 2.66. The maximum atomic E-state index is 11.2. The van der Waals surface area contributed by atoms with Crippen molar-refractivity contribution in [2.24, 2.45) is 0 Å². The number of rotatable bonds is 4. The average molecular weight is 243 g/mol. The van der Waals surface area contributed by atoms with Gasteiger partial charge in [0, 0.05) is 12.4 Å². The van der Waals surface area contributed by atoms with Crippen LogP contribution in [0.5, 0.6) is 5.75 Å². The standard InChI is InChI=1S/C14H13NO3/c1-18-12-5-4-11(13(8-12)14(16)17)7-10-3-2-6-15-9-10/h2-6,8-9H,7H2,1H3,(H,16,17). The number of carboxylic acids is 1. The van der Waals surface area contributed by atoms with Gasteiger partial charge >= 0.3 is 5.97 Å². The monoisotopic (exact) mass is 243 g/mol. The van der Waals surface area contributed by atoms with Crippen molar-refractivity contribution in [2.75, 3.05) is 7.11 Å². The molecule has 0 saturated heterocycles. The maximum absolute atomic E-state index is 11.2. The zero-order valence-electron chi connectivity index (χ0n) is 9.96. The molecule has 4 heteroatoms. The topological polar surface area (TPSA) is 59.4 Å². The molecule has 2 aromatic rings. The van der Waals surface area contributed by atoms with Gasteiger partial charge in [0.15, 0.2) is 0 Å². The highest BCUT2D eigenvalue weighted by Crippen LogP contribution is 2.20. The Labute approximate surface area is 105 Å². The first-order chi connectivity index (χ1) is 8.70. The summed E-state index contributed by atoms with van der Waals surface area (Å²) in [5.41, 5.74) is 1.99. The van der Waals surface area contributed by atoms with Crippen LogP contribution in [0.4, 0.5) is 0 Å². The number of pyridine rings is 1. The Morgan fingerprint density at radius 2 is 2.22 bits per heavy atom. The molecule has 0 spiro atoms. The van der Waals surface area contributed by atoms with Crippen molar-refractivity contribution >= 4 is 5.97 Å². The second-order valence-corrected chi connectivity index (χ2v) is 3.87. The van der Waals surface area contributed by atoms with E-state index >= 15 is 0 Å². The minimum absolute atomic E-state index is 0.262. The number of ether oxygens (including phenoxy) is 1. The summed E-state index contributed by atoms with van der Waals surface area (Å²) >= 11 is 0. The van der Waals surface area contributed by atoms with Gasteiger partial charge in [-0.2, -0.15) is 0 Å². The molecule has 0 fully saturated rings. The first-order valence-corrected chi connectivity index (χ1v) is 5.50. The summed E-state index contributed by atoms with van der Waals surface area (Å²) in [5.74, 6) is -0.407. The van der Waals surface area contributed by atoms with Crippen molar-refractivity contribution in [3.05, 3.63) is 59.4 Å². The molecule has 0 amide bonds. The summed E-state index contributed by atoms with van der Waals surface area (Å²) in [6.07, 6.45) is 3.96. The fraction of sp³-hybridized carbons (Fsp3) is 0.143. The molecule has 18 heavy (non-hydrogen) atoms. The Balaban J connectivity index is 2.35. The molecule has 92 valence electrons. The Kier molecular flexibility index (Phi) is 3.57. The second kappa shape index (κ2) is 5.31. The number of carboxylic acid groups (broad SMARTS) is 1. The molecule has 0 saturated carbocycles. The molecule has 0 aliphatic carbocycles. The lowest BCUT2D eigenvalue weighted by Gasteiger charge is -2.08. The van der Waals surface area contributed by atoms with Crippen LogP contribution in [0.3, 0.4) is 0 Å². The number of hydrogen-bond acceptors (Lipinski definition) is 3.